The number of aliphatic hydroxyl groups is 7. The maximum absolute atomic E-state index is 16.3. The first-order valence-electron chi connectivity index (χ1n) is 20.2. The molecule has 0 saturated carbocycles. The van der Waals surface area contributed by atoms with Crippen molar-refractivity contribution >= 4 is 17.5 Å². The number of nitrogens with two attached hydrogens (primary N) is 2. The number of aliphatic hydroxyl groups excluding tert-OH is 7. The van der Waals surface area contributed by atoms with Crippen LogP contribution in [0.3, 0.4) is 0 Å². The van der Waals surface area contributed by atoms with Crippen LogP contribution in [-0.4, -0.2) is 150 Å². The number of aromatic nitrogens is 4. The molecule has 0 spiro atoms. The van der Waals surface area contributed by atoms with E-state index in [0.717, 1.165) is 9.47 Å². The maximum Gasteiger partial charge on any atom is 0.351 e. The summed E-state index contributed by atoms with van der Waals surface area (Å²) in [4.78, 5) is 40.5. The van der Waals surface area contributed by atoms with Crippen LogP contribution in [0.25, 0.3) is 0 Å². The van der Waals surface area contributed by atoms with Crippen molar-refractivity contribution in [3.63, 3.8) is 0 Å². The Balaban J connectivity index is 1.33. The lowest BCUT2D eigenvalue weighted by molar-refractivity contribution is -0.131. The fraction of sp³-hybridized carbons (Fsp3) is 0.575. The molecule has 6 heterocycles. The summed E-state index contributed by atoms with van der Waals surface area (Å²) in [6.45, 7) is 9.83. The summed E-state index contributed by atoms with van der Waals surface area (Å²) in [5.41, 5.74) is 15.0. The number of rotatable bonds is 12. The Bertz CT molecular complexity index is 2510. The van der Waals surface area contributed by atoms with Gasteiger partial charge in [0.15, 0.2) is 46.9 Å². The summed E-state index contributed by atoms with van der Waals surface area (Å²) in [5, 5.41) is 76.4. The van der Waals surface area contributed by atoms with Crippen molar-refractivity contribution in [2.24, 2.45) is 16.5 Å². The molecule has 2 aromatic heterocycles. The van der Waals surface area contributed by atoms with Crippen LogP contribution in [0.5, 0.6) is 0 Å². The van der Waals surface area contributed by atoms with Gasteiger partial charge in [0, 0.05) is 18.0 Å². The van der Waals surface area contributed by atoms with Crippen molar-refractivity contribution in [1.82, 2.24) is 34.9 Å². The van der Waals surface area contributed by atoms with Crippen LogP contribution in [0.1, 0.15) is 59.7 Å². The van der Waals surface area contributed by atoms with Crippen molar-refractivity contribution in [3.05, 3.63) is 57.0 Å². The molecule has 0 aliphatic carbocycles. The number of ether oxygens (including phenoxy) is 3. The summed E-state index contributed by atoms with van der Waals surface area (Å²) in [5.74, 6) is 14.0. The highest BCUT2D eigenvalue weighted by Gasteiger charge is 2.61. The van der Waals surface area contributed by atoms with Crippen LogP contribution in [0.2, 0.25) is 0 Å². The van der Waals surface area contributed by atoms with Gasteiger partial charge in [0.25, 0.3) is 0 Å². The Labute approximate surface area is 371 Å². The number of amidine groups is 1. The highest BCUT2D eigenvalue weighted by molar-refractivity contribution is 5.91. The molecule has 4 aliphatic heterocycles. The van der Waals surface area contributed by atoms with Crippen molar-refractivity contribution < 1.29 is 54.3 Å². The van der Waals surface area contributed by atoms with E-state index in [2.05, 4.69) is 72.2 Å². The zero-order chi connectivity index (χ0) is 47.9. The third-order valence-corrected chi connectivity index (χ3v) is 11.4. The topological polar surface area (TPSA) is 355 Å². The minimum atomic E-state index is -2.12. The molecule has 65 heavy (non-hydrogen) atoms. The quantitative estimate of drug-likeness (QED) is 0.0702. The number of halogens is 1. The van der Waals surface area contributed by atoms with Gasteiger partial charge >= 0.3 is 11.4 Å². The van der Waals surface area contributed by atoms with E-state index >= 15 is 4.39 Å². The normalized spacial score (nSPS) is 35.4. The van der Waals surface area contributed by atoms with Gasteiger partial charge in [-0.3, -0.25) is 9.13 Å². The average Bonchev–Trinajstić information content (AvgIpc) is 3.78. The van der Waals surface area contributed by atoms with E-state index in [1.54, 1.807) is 0 Å². The number of hydrogen-bond acceptors (Lipinski definition) is 22. The fourth-order valence-electron chi connectivity index (χ4n) is 8.26. The molecule has 2 aromatic rings. The summed E-state index contributed by atoms with van der Waals surface area (Å²) in [6, 6.07) is 1.36. The second-order valence-corrected chi connectivity index (χ2v) is 15.9. The van der Waals surface area contributed by atoms with Gasteiger partial charge in [-0.05, 0) is 54.5 Å². The highest BCUT2D eigenvalue weighted by atomic mass is 19.1. The van der Waals surface area contributed by atoms with Gasteiger partial charge in [-0.1, -0.05) is 17.8 Å². The van der Waals surface area contributed by atoms with Crippen LogP contribution in [0, 0.1) is 48.3 Å². The Morgan fingerprint density at radius 3 is 1.85 bits per heavy atom. The number of anilines is 2. The van der Waals surface area contributed by atoms with E-state index in [9.17, 15) is 45.3 Å². The van der Waals surface area contributed by atoms with Gasteiger partial charge in [0.2, 0.25) is 6.35 Å². The van der Waals surface area contributed by atoms with Crippen LogP contribution < -0.4 is 44.5 Å². The zero-order valence-corrected chi connectivity index (χ0v) is 36.2. The fourth-order valence-corrected chi connectivity index (χ4v) is 8.26. The van der Waals surface area contributed by atoms with Gasteiger partial charge in [0.1, 0.15) is 48.3 Å². The molecule has 0 bridgehead atoms. The first-order valence-corrected chi connectivity index (χ1v) is 20.2. The molecule has 15 N–H and O–H groups in total. The monoisotopic (exact) mass is 912 g/mol. The molecular weight excluding hydrogens is 860 g/mol. The molecule has 0 radical (unpaired) electrons. The third-order valence-electron chi connectivity index (χ3n) is 11.4. The first-order chi connectivity index (χ1) is 30.6. The summed E-state index contributed by atoms with van der Waals surface area (Å²) in [7, 11) is 0. The van der Waals surface area contributed by atoms with Crippen molar-refractivity contribution in [2.75, 3.05) is 10.9 Å². The molecule has 0 aromatic carbocycles. The SMILES string of the molecule is CC#CC1(N)[C@@H](O)[C@@H]([C@@H](C)O)O[C@H]1n1c(C)cc(NNC2(C#CC)[C@@H](O)[C@@H]([C@@H](C)O)O[C@H]2n2cc(F)c(NNC3(C#CC)[C@@H](O)[C@@H]([C@@H](C)O)O[C@H]3N3C=CC(N)=NC3O)nc2=O)nc1=O. The third kappa shape index (κ3) is 8.57. The molecule has 4 unspecified atom stereocenters. The summed E-state index contributed by atoms with van der Waals surface area (Å²) in [6.07, 6.45) is -15.7. The second kappa shape index (κ2) is 18.7. The van der Waals surface area contributed by atoms with Crippen LogP contribution in [0.4, 0.5) is 16.0 Å². The lowest BCUT2D eigenvalue weighted by Gasteiger charge is -2.40. The van der Waals surface area contributed by atoms with Gasteiger partial charge in [-0.15, -0.1) is 17.8 Å². The number of hydrazine groups is 2. The standard InChI is InChI=1S/C40H53FN12O12/c1-8-12-38(43)28(57)25(19(5)54)63-32(38)53-18(4)16-24(45-37(53)62)47-49-40(14-10-3)30(59)27(21(7)56)65-34(40)52-17-22(41)31(46-36(52)61)48-50-39(13-9-2)29(58)26(20(6)55)64-33(39)51-15-11-23(42)44-35(51)60/h11,15-17,19-21,25-30,32-35,49-50,54-60H,43H2,1-7H3,(H2,42,44)(H,45,47,62)(H,46,48,61)/t19-,20-,21-,25-,26-,27-,28+,29+,30+,32-,33-,34-,35?,38?,39?,40?/m1/s1. The Kier molecular flexibility index (Phi) is 14.1. The Morgan fingerprint density at radius 1 is 0.785 bits per heavy atom. The smallest absolute Gasteiger partial charge is 0.351 e. The molecule has 25 heteroatoms. The van der Waals surface area contributed by atoms with Crippen molar-refractivity contribution in [1.29, 1.82) is 0 Å². The molecular formula is C40H53FN12O12. The summed E-state index contributed by atoms with van der Waals surface area (Å²) >= 11 is 0. The lowest BCUT2D eigenvalue weighted by atomic mass is 9.89. The maximum atomic E-state index is 16.3. The molecule has 352 valence electrons. The lowest BCUT2D eigenvalue weighted by Crippen LogP contribution is -2.65. The van der Waals surface area contributed by atoms with E-state index < -0.39 is 120 Å². The second-order valence-electron chi connectivity index (χ2n) is 15.9. The van der Waals surface area contributed by atoms with E-state index in [4.69, 9.17) is 25.7 Å². The molecule has 6 rings (SSSR count). The summed E-state index contributed by atoms with van der Waals surface area (Å²) < 4.78 is 35.8. The molecule has 4 aliphatic rings. The molecule has 24 nitrogen and oxygen atoms in total. The first kappa shape index (κ1) is 48.9. The van der Waals surface area contributed by atoms with Gasteiger partial charge in [-0.25, -0.2) is 29.8 Å². The number of hydrogen-bond donors (Lipinski definition) is 13. The predicted molar refractivity (Wildman–Crippen MR) is 226 cm³/mol. The van der Waals surface area contributed by atoms with Crippen molar-refractivity contribution in [3.8, 4) is 35.5 Å². The van der Waals surface area contributed by atoms with E-state index in [1.807, 2.05) is 0 Å². The van der Waals surface area contributed by atoms with Crippen molar-refractivity contribution in [2.45, 2.75) is 145 Å². The Hall–Kier alpha value is -5.54. The van der Waals surface area contributed by atoms with E-state index in [-0.39, 0.29) is 17.3 Å². The Morgan fingerprint density at radius 2 is 1.31 bits per heavy atom. The number of aliphatic imine (C=N–C) groups is 1. The highest BCUT2D eigenvalue weighted by Crippen LogP contribution is 2.41. The van der Waals surface area contributed by atoms with Crippen LogP contribution in [0.15, 0.2) is 39.1 Å². The molecule has 3 fully saturated rings. The van der Waals surface area contributed by atoms with E-state index in [1.165, 1.54) is 66.8 Å². The van der Waals surface area contributed by atoms with E-state index in [0.29, 0.717) is 10.8 Å². The number of aryl methyl sites for hydroxylation is 1. The number of nitrogens with zero attached hydrogens (tertiary/aromatic N) is 6. The van der Waals surface area contributed by atoms with Gasteiger partial charge < -0.3 is 77.2 Å². The molecule has 0 amide bonds. The zero-order valence-electron chi connectivity index (χ0n) is 36.2. The minimum absolute atomic E-state index is 0.0220. The van der Waals surface area contributed by atoms with Gasteiger partial charge in [-0.2, -0.15) is 9.97 Å². The molecule has 3 saturated heterocycles. The van der Waals surface area contributed by atoms with Crippen LogP contribution in [-0.2, 0) is 14.2 Å². The average molecular weight is 913 g/mol. The largest absolute Gasteiger partial charge is 0.391 e. The van der Waals surface area contributed by atoms with Gasteiger partial charge in [0.05, 0.1) is 24.5 Å². The number of nitrogens with one attached hydrogen (secondary N) is 4. The van der Waals surface area contributed by atoms with Crippen LogP contribution >= 0.6 is 0 Å². The predicted octanol–water partition coefficient (Wildman–Crippen LogP) is -4.77. The minimum Gasteiger partial charge on any atom is -0.391 e. The molecule has 16 atom stereocenters.